The van der Waals surface area contributed by atoms with E-state index in [9.17, 15) is 0 Å². The summed E-state index contributed by atoms with van der Waals surface area (Å²) in [7, 11) is 1.96. The van der Waals surface area contributed by atoms with Crippen molar-refractivity contribution in [3.8, 4) is 0 Å². The lowest BCUT2D eigenvalue weighted by Gasteiger charge is -2.08. The highest BCUT2D eigenvalue weighted by Gasteiger charge is 2.01. The van der Waals surface area contributed by atoms with Crippen LogP contribution >= 0.6 is 11.3 Å². The van der Waals surface area contributed by atoms with E-state index in [1.807, 2.05) is 13.1 Å². The first-order chi connectivity index (χ1) is 5.36. The standard InChI is InChI=1S/C9H13NS/c1-3-8(10-2)7-9-5-4-6-11-9/h3-6,8,10H,1,7H2,2H3. The monoisotopic (exact) mass is 167 g/mol. The zero-order valence-corrected chi connectivity index (χ0v) is 7.53. The Morgan fingerprint density at radius 1 is 1.82 bits per heavy atom. The van der Waals surface area contributed by atoms with Gasteiger partial charge in [0, 0.05) is 17.3 Å². The van der Waals surface area contributed by atoms with Crippen LogP contribution in [0.3, 0.4) is 0 Å². The van der Waals surface area contributed by atoms with Gasteiger partial charge >= 0.3 is 0 Å². The number of hydrogen-bond acceptors (Lipinski definition) is 2. The molecule has 0 amide bonds. The molecule has 1 nitrogen and oxygen atoms in total. The first kappa shape index (κ1) is 8.50. The van der Waals surface area contributed by atoms with Crippen molar-refractivity contribution in [2.45, 2.75) is 12.5 Å². The highest BCUT2D eigenvalue weighted by molar-refractivity contribution is 7.09. The van der Waals surface area contributed by atoms with Gasteiger partial charge in [-0.3, -0.25) is 0 Å². The van der Waals surface area contributed by atoms with Gasteiger partial charge in [-0.1, -0.05) is 12.1 Å². The van der Waals surface area contributed by atoms with E-state index in [1.165, 1.54) is 4.88 Å². The van der Waals surface area contributed by atoms with Crippen LogP contribution in [0.25, 0.3) is 0 Å². The van der Waals surface area contributed by atoms with E-state index in [-0.39, 0.29) is 0 Å². The summed E-state index contributed by atoms with van der Waals surface area (Å²) in [5.74, 6) is 0. The molecule has 0 saturated heterocycles. The zero-order valence-electron chi connectivity index (χ0n) is 6.71. The zero-order chi connectivity index (χ0) is 8.10. The van der Waals surface area contributed by atoms with Gasteiger partial charge in [0.1, 0.15) is 0 Å². The smallest absolute Gasteiger partial charge is 0.0292 e. The van der Waals surface area contributed by atoms with Gasteiger partial charge in [0.05, 0.1) is 0 Å². The molecule has 1 rings (SSSR count). The molecular formula is C9H13NS. The van der Waals surface area contributed by atoms with Crippen LogP contribution < -0.4 is 5.32 Å². The second-order valence-electron chi connectivity index (χ2n) is 2.41. The molecule has 1 N–H and O–H groups in total. The highest BCUT2D eigenvalue weighted by atomic mass is 32.1. The molecule has 1 aromatic rings. The maximum absolute atomic E-state index is 3.75. The van der Waals surface area contributed by atoms with Gasteiger partial charge in [-0.2, -0.15) is 0 Å². The SMILES string of the molecule is C=CC(Cc1cccs1)NC. The Kier molecular flexibility index (Phi) is 3.33. The molecular weight excluding hydrogens is 154 g/mol. The Balaban J connectivity index is 2.47. The van der Waals surface area contributed by atoms with Gasteiger partial charge in [0.15, 0.2) is 0 Å². The molecule has 1 atom stereocenters. The van der Waals surface area contributed by atoms with Gasteiger partial charge in [-0.25, -0.2) is 0 Å². The Morgan fingerprint density at radius 3 is 3.09 bits per heavy atom. The third kappa shape index (κ3) is 2.48. The van der Waals surface area contributed by atoms with E-state index < -0.39 is 0 Å². The van der Waals surface area contributed by atoms with Crippen molar-refractivity contribution in [3.63, 3.8) is 0 Å². The van der Waals surface area contributed by atoms with Crippen LogP contribution in [-0.4, -0.2) is 13.1 Å². The molecule has 0 fully saturated rings. The second kappa shape index (κ2) is 4.31. The normalized spacial score (nSPS) is 12.8. The van der Waals surface area contributed by atoms with E-state index in [0.717, 1.165) is 6.42 Å². The molecule has 11 heavy (non-hydrogen) atoms. The number of thiophene rings is 1. The first-order valence-corrected chi connectivity index (χ1v) is 4.57. The minimum atomic E-state index is 0.411. The quantitative estimate of drug-likeness (QED) is 0.677. The predicted octanol–water partition coefficient (Wildman–Crippen LogP) is 2.06. The van der Waals surface area contributed by atoms with E-state index in [0.29, 0.717) is 6.04 Å². The fourth-order valence-corrected chi connectivity index (χ4v) is 1.71. The average Bonchev–Trinajstić information content (AvgIpc) is 2.52. The topological polar surface area (TPSA) is 12.0 Å². The molecule has 2 heteroatoms. The fraction of sp³-hybridized carbons (Fsp3) is 0.333. The largest absolute Gasteiger partial charge is 0.313 e. The fourth-order valence-electron chi connectivity index (χ4n) is 0.949. The van der Waals surface area contributed by atoms with Crippen LogP contribution in [0.5, 0.6) is 0 Å². The van der Waals surface area contributed by atoms with Crippen molar-refractivity contribution in [2.75, 3.05) is 7.05 Å². The third-order valence-electron chi connectivity index (χ3n) is 1.66. The molecule has 0 bridgehead atoms. The van der Waals surface area contributed by atoms with E-state index in [1.54, 1.807) is 11.3 Å². The van der Waals surface area contributed by atoms with Crippen molar-refractivity contribution in [3.05, 3.63) is 35.0 Å². The van der Waals surface area contributed by atoms with Gasteiger partial charge in [-0.05, 0) is 18.5 Å². The summed E-state index contributed by atoms with van der Waals surface area (Å²) in [5.41, 5.74) is 0. The van der Waals surface area contributed by atoms with Gasteiger partial charge in [-0.15, -0.1) is 17.9 Å². The lowest BCUT2D eigenvalue weighted by molar-refractivity contribution is 0.671. The minimum Gasteiger partial charge on any atom is -0.313 e. The molecule has 0 aliphatic rings. The van der Waals surface area contributed by atoms with Crippen molar-refractivity contribution in [2.24, 2.45) is 0 Å². The van der Waals surface area contributed by atoms with Gasteiger partial charge < -0.3 is 5.32 Å². The van der Waals surface area contributed by atoms with Crippen molar-refractivity contribution >= 4 is 11.3 Å². The van der Waals surface area contributed by atoms with Crippen LogP contribution in [0, 0.1) is 0 Å². The molecule has 0 saturated carbocycles. The summed E-state index contributed by atoms with van der Waals surface area (Å²) < 4.78 is 0. The molecule has 0 radical (unpaired) electrons. The number of nitrogens with one attached hydrogen (secondary N) is 1. The molecule has 60 valence electrons. The van der Waals surface area contributed by atoms with E-state index in [4.69, 9.17) is 0 Å². The Morgan fingerprint density at radius 2 is 2.64 bits per heavy atom. The predicted molar refractivity (Wildman–Crippen MR) is 51.1 cm³/mol. The van der Waals surface area contributed by atoms with Crippen LogP contribution in [0.4, 0.5) is 0 Å². The van der Waals surface area contributed by atoms with E-state index >= 15 is 0 Å². The van der Waals surface area contributed by atoms with Crippen molar-refractivity contribution in [1.82, 2.24) is 5.32 Å². The number of hydrogen-bond donors (Lipinski definition) is 1. The van der Waals surface area contributed by atoms with Crippen LogP contribution in [0.2, 0.25) is 0 Å². The third-order valence-corrected chi connectivity index (χ3v) is 2.56. The molecule has 0 aliphatic carbocycles. The molecule has 1 heterocycles. The van der Waals surface area contributed by atoms with Crippen molar-refractivity contribution < 1.29 is 0 Å². The van der Waals surface area contributed by atoms with Gasteiger partial charge in [0.25, 0.3) is 0 Å². The highest BCUT2D eigenvalue weighted by Crippen LogP contribution is 2.10. The maximum Gasteiger partial charge on any atom is 0.0292 e. The first-order valence-electron chi connectivity index (χ1n) is 3.69. The van der Waals surface area contributed by atoms with Crippen LogP contribution in [0.15, 0.2) is 30.2 Å². The van der Waals surface area contributed by atoms with Crippen molar-refractivity contribution in [1.29, 1.82) is 0 Å². The summed E-state index contributed by atoms with van der Waals surface area (Å²) >= 11 is 1.79. The number of likely N-dealkylation sites (N-methyl/N-ethyl adjacent to an activating group) is 1. The molecule has 0 aliphatic heterocycles. The molecule has 0 spiro atoms. The number of rotatable bonds is 4. The average molecular weight is 167 g/mol. The molecule has 0 aromatic carbocycles. The summed E-state index contributed by atoms with van der Waals surface area (Å²) in [6.45, 7) is 3.75. The second-order valence-corrected chi connectivity index (χ2v) is 3.45. The maximum atomic E-state index is 3.75. The minimum absolute atomic E-state index is 0.411. The Bertz CT molecular complexity index is 203. The molecule has 1 aromatic heterocycles. The summed E-state index contributed by atoms with van der Waals surface area (Å²) in [5, 5.41) is 5.28. The lowest BCUT2D eigenvalue weighted by atomic mass is 10.2. The summed E-state index contributed by atoms with van der Waals surface area (Å²) in [6, 6.07) is 4.64. The Hall–Kier alpha value is -0.600. The van der Waals surface area contributed by atoms with Crippen LogP contribution in [-0.2, 0) is 6.42 Å². The molecule has 1 unspecified atom stereocenters. The Labute approximate surface area is 71.8 Å². The van der Waals surface area contributed by atoms with E-state index in [2.05, 4.69) is 29.4 Å². The summed E-state index contributed by atoms with van der Waals surface area (Å²) in [4.78, 5) is 1.41. The lowest BCUT2D eigenvalue weighted by Crippen LogP contribution is -2.24. The summed E-state index contributed by atoms with van der Waals surface area (Å²) in [6.07, 6.45) is 3.00. The van der Waals surface area contributed by atoms with Crippen LogP contribution in [0.1, 0.15) is 4.88 Å². The van der Waals surface area contributed by atoms with Gasteiger partial charge in [0.2, 0.25) is 0 Å².